The Hall–Kier alpha value is -3.59. The van der Waals surface area contributed by atoms with Crippen molar-refractivity contribution in [3.8, 4) is 5.75 Å². The van der Waals surface area contributed by atoms with Crippen LogP contribution in [-0.4, -0.2) is 62.8 Å². The number of H-pyrrole nitrogens is 2. The van der Waals surface area contributed by atoms with Crippen LogP contribution in [0.2, 0.25) is 0 Å². The molecule has 1 aliphatic rings. The highest BCUT2D eigenvalue weighted by Gasteiger charge is 2.24. The monoisotopic (exact) mass is 460 g/mol. The average molecular weight is 461 g/mol. The Kier molecular flexibility index (Phi) is 6.62. The second-order valence-electron chi connectivity index (χ2n) is 8.90. The zero-order valence-electron chi connectivity index (χ0n) is 19.7. The van der Waals surface area contributed by atoms with E-state index in [1.165, 1.54) is 18.4 Å². The van der Waals surface area contributed by atoms with Crippen LogP contribution < -0.4 is 15.4 Å². The molecule has 3 aromatic heterocycles. The molecule has 1 aliphatic heterocycles. The third-order valence-electron chi connectivity index (χ3n) is 6.42. The molecule has 0 radical (unpaired) electrons. The van der Waals surface area contributed by atoms with Crippen molar-refractivity contribution in [3.05, 3.63) is 60.0 Å². The van der Waals surface area contributed by atoms with E-state index in [0.29, 0.717) is 5.95 Å². The van der Waals surface area contributed by atoms with E-state index < -0.39 is 0 Å². The lowest BCUT2D eigenvalue weighted by atomic mass is 10.1. The molecule has 34 heavy (non-hydrogen) atoms. The maximum Gasteiger partial charge on any atom is 0.225 e. The number of hydrogen-bond acceptors (Lipinski definition) is 7. The van der Waals surface area contributed by atoms with Gasteiger partial charge in [-0.2, -0.15) is 10.1 Å². The van der Waals surface area contributed by atoms with Gasteiger partial charge in [0.05, 0.1) is 24.9 Å². The van der Waals surface area contributed by atoms with Crippen LogP contribution in [0.3, 0.4) is 0 Å². The number of anilines is 2. The van der Waals surface area contributed by atoms with Crippen LogP contribution in [0, 0.1) is 0 Å². The molecular weight excluding hydrogens is 428 g/mol. The summed E-state index contributed by atoms with van der Waals surface area (Å²) in [6, 6.07) is 10.8. The Morgan fingerprint density at radius 1 is 1.12 bits per heavy atom. The fourth-order valence-corrected chi connectivity index (χ4v) is 4.68. The van der Waals surface area contributed by atoms with Crippen LogP contribution in [0.15, 0.2) is 48.9 Å². The van der Waals surface area contributed by atoms with Gasteiger partial charge in [-0.05, 0) is 68.6 Å². The Morgan fingerprint density at radius 2 is 1.94 bits per heavy atom. The van der Waals surface area contributed by atoms with Crippen molar-refractivity contribution in [2.75, 3.05) is 37.4 Å². The maximum atomic E-state index is 5.35. The minimum absolute atomic E-state index is 0.184. The summed E-state index contributed by atoms with van der Waals surface area (Å²) >= 11 is 0. The van der Waals surface area contributed by atoms with E-state index in [0.717, 1.165) is 54.2 Å². The summed E-state index contributed by atoms with van der Waals surface area (Å²) < 4.78 is 5.35. The SMILES string of the molecule is COc1ccc(C(CNc2nc(NC(C)Cc3cn[nH]c3)c3[nH]ccc3n2)N2CCCC2)cc1. The van der Waals surface area contributed by atoms with Crippen LogP contribution in [0.5, 0.6) is 5.75 Å². The molecule has 4 aromatic rings. The summed E-state index contributed by atoms with van der Waals surface area (Å²) in [5.74, 6) is 2.30. The summed E-state index contributed by atoms with van der Waals surface area (Å²) in [4.78, 5) is 15.4. The van der Waals surface area contributed by atoms with Crippen LogP contribution in [0.4, 0.5) is 11.8 Å². The number of benzene rings is 1. The second-order valence-corrected chi connectivity index (χ2v) is 8.90. The van der Waals surface area contributed by atoms with E-state index >= 15 is 0 Å². The summed E-state index contributed by atoms with van der Waals surface area (Å²) in [6.45, 7) is 5.08. The lowest BCUT2D eigenvalue weighted by Gasteiger charge is -2.28. The van der Waals surface area contributed by atoms with Gasteiger partial charge in [-0.25, -0.2) is 4.98 Å². The number of rotatable bonds is 10. The standard InChI is InChI=1S/C25H32N8O/c1-17(13-18-14-28-29-15-18)30-24-23-21(9-10-26-23)31-25(32-24)27-16-22(33-11-3-4-12-33)19-5-7-20(34-2)8-6-19/h5-10,14-15,17,22,26H,3-4,11-13,16H2,1-2H3,(H,28,29)(H2,27,30,31,32). The smallest absolute Gasteiger partial charge is 0.225 e. The molecule has 4 N–H and O–H groups in total. The molecule has 4 heterocycles. The first-order valence-electron chi connectivity index (χ1n) is 11.9. The van der Waals surface area contributed by atoms with Crippen LogP contribution in [0.1, 0.15) is 36.9 Å². The fourth-order valence-electron chi connectivity index (χ4n) is 4.68. The number of aromatic nitrogens is 5. The molecule has 1 fully saturated rings. The van der Waals surface area contributed by atoms with Crippen molar-refractivity contribution >= 4 is 22.8 Å². The predicted octanol–water partition coefficient (Wildman–Crippen LogP) is 3.98. The first-order chi connectivity index (χ1) is 16.7. The van der Waals surface area contributed by atoms with Gasteiger partial charge in [0.25, 0.3) is 0 Å². The van der Waals surface area contributed by atoms with Crippen LogP contribution in [-0.2, 0) is 6.42 Å². The zero-order chi connectivity index (χ0) is 23.3. The van der Waals surface area contributed by atoms with Crippen LogP contribution in [0.25, 0.3) is 11.0 Å². The Morgan fingerprint density at radius 3 is 2.68 bits per heavy atom. The number of likely N-dealkylation sites (tertiary alicyclic amines) is 1. The quantitative estimate of drug-likeness (QED) is 0.284. The Bertz CT molecular complexity index is 1180. The summed E-state index contributed by atoms with van der Waals surface area (Å²) in [7, 11) is 1.70. The first-order valence-corrected chi connectivity index (χ1v) is 11.9. The normalized spacial score (nSPS) is 15.9. The number of hydrogen-bond donors (Lipinski definition) is 4. The van der Waals surface area contributed by atoms with E-state index in [1.807, 2.05) is 36.8 Å². The molecule has 9 heteroatoms. The molecule has 1 aromatic carbocycles. The highest BCUT2D eigenvalue weighted by molar-refractivity contribution is 5.87. The maximum absolute atomic E-state index is 5.35. The lowest BCUT2D eigenvalue weighted by molar-refractivity contribution is 0.255. The van der Waals surface area contributed by atoms with Gasteiger partial charge in [0.1, 0.15) is 11.3 Å². The molecule has 178 valence electrons. The number of ether oxygens (including phenoxy) is 1. The summed E-state index contributed by atoms with van der Waals surface area (Å²) in [5.41, 5.74) is 4.22. The molecule has 2 atom stereocenters. The molecule has 2 unspecified atom stereocenters. The van der Waals surface area contributed by atoms with Gasteiger partial charge in [0.2, 0.25) is 5.95 Å². The molecular formula is C25H32N8O. The van der Waals surface area contributed by atoms with E-state index in [9.17, 15) is 0 Å². The minimum atomic E-state index is 0.184. The van der Waals surface area contributed by atoms with Crippen molar-refractivity contribution in [1.82, 2.24) is 30.0 Å². The lowest BCUT2D eigenvalue weighted by Crippen LogP contribution is -2.31. The average Bonchev–Trinajstić information content (AvgIpc) is 3.63. The summed E-state index contributed by atoms with van der Waals surface area (Å²) in [5, 5.41) is 14.0. The van der Waals surface area contributed by atoms with Gasteiger partial charge in [-0.1, -0.05) is 12.1 Å². The first kappa shape index (κ1) is 22.2. The van der Waals surface area contributed by atoms with Crippen molar-refractivity contribution in [3.63, 3.8) is 0 Å². The predicted molar refractivity (Wildman–Crippen MR) is 134 cm³/mol. The van der Waals surface area contributed by atoms with Crippen LogP contribution >= 0.6 is 0 Å². The van der Waals surface area contributed by atoms with Gasteiger partial charge in [-0.15, -0.1) is 0 Å². The largest absolute Gasteiger partial charge is 0.497 e. The van der Waals surface area contributed by atoms with Gasteiger partial charge >= 0.3 is 0 Å². The van der Waals surface area contributed by atoms with Gasteiger partial charge in [0.15, 0.2) is 5.82 Å². The number of methoxy groups -OCH3 is 1. The van der Waals surface area contributed by atoms with Gasteiger partial charge in [0, 0.05) is 25.0 Å². The number of fused-ring (bicyclic) bond motifs is 1. The van der Waals surface area contributed by atoms with Gasteiger partial charge < -0.3 is 20.4 Å². The van der Waals surface area contributed by atoms with E-state index in [4.69, 9.17) is 14.7 Å². The molecule has 9 nitrogen and oxygen atoms in total. The highest BCUT2D eigenvalue weighted by atomic mass is 16.5. The molecule has 0 saturated carbocycles. The van der Waals surface area contributed by atoms with Crippen molar-refractivity contribution < 1.29 is 4.74 Å². The van der Waals surface area contributed by atoms with Crippen molar-refractivity contribution in [1.29, 1.82) is 0 Å². The van der Waals surface area contributed by atoms with E-state index in [-0.39, 0.29) is 12.1 Å². The second kappa shape index (κ2) is 10.1. The molecule has 0 bridgehead atoms. The Balaban J connectivity index is 1.34. The topological polar surface area (TPSA) is 107 Å². The minimum Gasteiger partial charge on any atom is -0.497 e. The molecule has 0 spiro atoms. The molecule has 0 aliphatic carbocycles. The third kappa shape index (κ3) is 4.99. The number of nitrogens with zero attached hydrogens (tertiary/aromatic N) is 4. The zero-order valence-corrected chi connectivity index (χ0v) is 19.7. The van der Waals surface area contributed by atoms with Gasteiger partial charge in [-0.3, -0.25) is 10.00 Å². The number of aromatic amines is 2. The van der Waals surface area contributed by atoms with Crippen molar-refractivity contribution in [2.24, 2.45) is 0 Å². The Labute approximate surface area is 199 Å². The number of nitrogens with one attached hydrogen (secondary N) is 4. The molecule has 0 amide bonds. The third-order valence-corrected chi connectivity index (χ3v) is 6.42. The summed E-state index contributed by atoms with van der Waals surface area (Å²) in [6.07, 6.45) is 9.00. The van der Waals surface area contributed by atoms with Crippen molar-refractivity contribution in [2.45, 2.75) is 38.3 Å². The van der Waals surface area contributed by atoms with E-state index in [2.05, 4.69) is 49.8 Å². The highest BCUT2D eigenvalue weighted by Crippen LogP contribution is 2.28. The van der Waals surface area contributed by atoms with E-state index in [1.54, 1.807) is 7.11 Å². The molecule has 5 rings (SSSR count). The fraction of sp³-hybridized carbons (Fsp3) is 0.400. The molecule has 1 saturated heterocycles.